The summed E-state index contributed by atoms with van der Waals surface area (Å²) in [5.41, 5.74) is 1.03. The molecule has 7 rings (SSSR count). The van der Waals surface area contributed by atoms with Crippen LogP contribution in [0.5, 0.6) is 17.2 Å². The molecule has 2 aromatic heterocycles. The molecule has 1 aliphatic carbocycles. The van der Waals surface area contributed by atoms with Gasteiger partial charge in [0, 0.05) is 34.5 Å². The number of aromatic nitrogens is 3. The average molecular weight is 536 g/mol. The lowest BCUT2D eigenvalue weighted by molar-refractivity contribution is 0.241. The van der Waals surface area contributed by atoms with Gasteiger partial charge in [-0.1, -0.05) is 37.5 Å². The van der Waals surface area contributed by atoms with Crippen LogP contribution >= 0.6 is 0 Å². The lowest BCUT2D eigenvalue weighted by Crippen LogP contribution is -2.31. The van der Waals surface area contributed by atoms with Gasteiger partial charge < -0.3 is 19.4 Å². The summed E-state index contributed by atoms with van der Waals surface area (Å²) in [7, 11) is 0. The molecule has 0 bridgehead atoms. The number of rotatable bonds is 4. The third-order valence-corrected chi connectivity index (χ3v) is 7.07. The predicted molar refractivity (Wildman–Crippen MR) is 139 cm³/mol. The van der Waals surface area contributed by atoms with Gasteiger partial charge in [-0.2, -0.15) is 4.39 Å². The number of nitrogens with one attached hydrogen (secondary N) is 2. The first-order valence-electron chi connectivity index (χ1n) is 12.8. The number of benzene rings is 3. The Morgan fingerprint density at radius 3 is 2.54 bits per heavy atom. The Labute approximate surface area is 221 Å². The quantitative estimate of drug-likeness (QED) is 0.180. The maximum atomic E-state index is 14.9. The highest BCUT2D eigenvalue weighted by atomic mass is 19.2. The Morgan fingerprint density at radius 1 is 0.949 bits per heavy atom. The van der Waals surface area contributed by atoms with E-state index in [2.05, 4.69) is 21.9 Å². The third kappa shape index (κ3) is 4.51. The molecule has 2 aliphatic rings. The normalized spacial score (nSPS) is 17.7. The second kappa shape index (κ2) is 9.80. The average Bonchev–Trinajstić information content (AvgIpc) is 3.59. The molecule has 2 N–H and O–H groups in total. The SMILES string of the molecule is C1CC1.C[C@]1(c2cnc(-c3cc(Oc4c(F)c(F)c5[nH]ccc5c4F)ccc3F)[nH]2)CCOc2ccccc21. The fourth-order valence-electron chi connectivity index (χ4n) is 4.69. The predicted octanol–water partition coefficient (Wildman–Crippen LogP) is 8.17. The molecule has 9 heteroatoms. The highest BCUT2D eigenvalue weighted by molar-refractivity contribution is 5.82. The number of fused-ring (bicyclic) bond motifs is 2. The van der Waals surface area contributed by atoms with Gasteiger partial charge in [0.25, 0.3) is 0 Å². The Bertz CT molecular complexity index is 1670. The van der Waals surface area contributed by atoms with Gasteiger partial charge in [-0.3, -0.25) is 0 Å². The molecule has 0 amide bonds. The van der Waals surface area contributed by atoms with Crippen molar-refractivity contribution in [2.45, 2.75) is 38.0 Å². The smallest absolute Gasteiger partial charge is 0.206 e. The van der Waals surface area contributed by atoms with Crippen LogP contribution in [0.2, 0.25) is 0 Å². The van der Waals surface area contributed by atoms with Crippen LogP contribution in [-0.4, -0.2) is 21.6 Å². The van der Waals surface area contributed by atoms with Crippen molar-refractivity contribution in [1.82, 2.24) is 15.0 Å². The number of halogens is 4. The number of aromatic amines is 2. The molecule has 39 heavy (non-hydrogen) atoms. The molecule has 5 aromatic rings. The standard InChI is InChI=1S/C27H19F4N3O2.C3H6/c1-27(9-11-35-19-5-3-2-4-17(19)27)20-13-33-26(34-20)16-12-14(6-7-18(16)28)36-25-21(29)15-8-10-32-24(15)22(30)23(25)31;1-2-3-1/h2-8,10,12-13,32H,9,11H2,1H3,(H,33,34);1-3H2/t27-;/m0./s1. The van der Waals surface area contributed by atoms with E-state index in [1.54, 1.807) is 6.20 Å². The number of hydrogen-bond acceptors (Lipinski definition) is 3. The fourth-order valence-corrected chi connectivity index (χ4v) is 4.69. The summed E-state index contributed by atoms with van der Waals surface area (Å²) >= 11 is 0. The molecular formula is C30H25F4N3O2. The Kier molecular flexibility index (Phi) is 6.29. The number of para-hydroxylation sites is 1. The fraction of sp³-hybridized carbons (Fsp3) is 0.233. The number of ether oxygens (including phenoxy) is 2. The van der Waals surface area contributed by atoms with Gasteiger partial charge in [0.15, 0.2) is 11.6 Å². The van der Waals surface area contributed by atoms with Gasteiger partial charge >= 0.3 is 0 Å². The summed E-state index contributed by atoms with van der Waals surface area (Å²) in [6.07, 6.45) is 8.11. The van der Waals surface area contributed by atoms with Gasteiger partial charge in [0.2, 0.25) is 11.6 Å². The first kappa shape index (κ1) is 25.0. The van der Waals surface area contributed by atoms with E-state index >= 15 is 0 Å². The molecule has 1 fully saturated rings. The van der Waals surface area contributed by atoms with Crippen LogP contribution < -0.4 is 9.47 Å². The molecule has 3 heterocycles. The topological polar surface area (TPSA) is 62.9 Å². The van der Waals surface area contributed by atoms with E-state index in [4.69, 9.17) is 9.47 Å². The summed E-state index contributed by atoms with van der Waals surface area (Å²) in [4.78, 5) is 10.0. The van der Waals surface area contributed by atoms with Gasteiger partial charge in [0.1, 0.15) is 23.1 Å². The number of nitrogens with zero attached hydrogens (tertiary/aromatic N) is 1. The highest BCUT2D eigenvalue weighted by Gasteiger charge is 2.36. The van der Waals surface area contributed by atoms with E-state index in [0.717, 1.165) is 23.1 Å². The lowest BCUT2D eigenvalue weighted by Gasteiger charge is -2.34. The molecule has 3 aromatic carbocycles. The molecular weight excluding hydrogens is 510 g/mol. The van der Waals surface area contributed by atoms with Crippen LogP contribution in [0.4, 0.5) is 17.6 Å². The summed E-state index contributed by atoms with van der Waals surface area (Å²) < 4.78 is 69.8. The minimum Gasteiger partial charge on any atom is -0.493 e. The number of H-pyrrole nitrogens is 2. The maximum absolute atomic E-state index is 14.9. The second-order valence-corrected chi connectivity index (χ2v) is 9.91. The van der Waals surface area contributed by atoms with E-state index in [9.17, 15) is 17.6 Å². The molecule has 0 unspecified atom stereocenters. The molecule has 0 saturated heterocycles. The van der Waals surface area contributed by atoms with Crippen molar-refractivity contribution < 1.29 is 27.0 Å². The minimum atomic E-state index is -1.49. The third-order valence-electron chi connectivity index (χ3n) is 7.07. The highest BCUT2D eigenvalue weighted by Crippen LogP contribution is 2.43. The number of hydrogen-bond donors (Lipinski definition) is 2. The Balaban J connectivity index is 0.000000864. The molecule has 1 aliphatic heterocycles. The summed E-state index contributed by atoms with van der Waals surface area (Å²) in [5, 5.41) is -0.160. The molecule has 0 spiro atoms. The first-order valence-corrected chi connectivity index (χ1v) is 12.8. The Morgan fingerprint density at radius 2 is 1.74 bits per heavy atom. The van der Waals surface area contributed by atoms with Crippen LogP contribution in [0.25, 0.3) is 22.3 Å². The molecule has 200 valence electrons. The van der Waals surface area contributed by atoms with Crippen molar-refractivity contribution in [3.05, 3.63) is 95.5 Å². The van der Waals surface area contributed by atoms with E-state index < -0.39 is 34.4 Å². The van der Waals surface area contributed by atoms with Crippen molar-refractivity contribution in [2.24, 2.45) is 0 Å². The van der Waals surface area contributed by atoms with Crippen LogP contribution in [0, 0.1) is 23.3 Å². The van der Waals surface area contributed by atoms with Crippen molar-refractivity contribution in [3.63, 3.8) is 0 Å². The molecule has 0 radical (unpaired) electrons. The van der Waals surface area contributed by atoms with Crippen LogP contribution in [0.3, 0.4) is 0 Å². The summed E-state index contributed by atoms with van der Waals surface area (Å²) in [5.74, 6) is -4.45. The van der Waals surface area contributed by atoms with Crippen molar-refractivity contribution >= 4 is 10.9 Å². The van der Waals surface area contributed by atoms with E-state index in [0.29, 0.717) is 13.0 Å². The van der Waals surface area contributed by atoms with Gasteiger partial charge in [-0.15, -0.1) is 0 Å². The van der Waals surface area contributed by atoms with E-state index in [1.165, 1.54) is 43.7 Å². The number of imidazole rings is 1. The van der Waals surface area contributed by atoms with Crippen LogP contribution in [0.15, 0.2) is 60.9 Å². The first-order chi connectivity index (χ1) is 18.9. The van der Waals surface area contributed by atoms with Crippen LogP contribution in [0.1, 0.15) is 43.9 Å². The van der Waals surface area contributed by atoms with Gasteiger partial charge in [-0.25, -0.2) is 18.2 Å². The zero-order valence-electron chi connectivity index (χ0n) is 21.1. The zero-order valence-corrected chi connectivity index (χ0v) is 21.1. The summed E-state index contributed by atoms with van der Waals surface area (Å²) in [6.45, 7) is 2.57. The van der Waals surface area contributed by atoms with Crippen LogP contribution in [-0.2, 0) is 5.41 Å². The van der Waals surface area contributed by atoms with E-state index in [1.807, 2.05) is 24.3 Å². The molecule has 1 saturated carbocycles. The molecule has 5 nitrogen and oxygen atoms in total. The minimum absolute atomic E-state index is 0.0340. The van der Waals surface area contributed by atoms with Crippen molar-refractivity contribution in [1.29, 1.82) is 0 Å². The molecule has 1 atom stereocenters. The Hall–Kier alpha value is -4.27. The van der Waals surface area contributed by atoms with Gasteiger partial charge in [0.05, 0.1) is 17.7 Å². The van der Waals surface area contributed by atoms with Gasteiger partial charge in [-0.05, 0) is 43.7 Å². The maximum Gasteiger partial charge on any atom is 0.206 e. The lowest BCUT2D eigenvalue weighted by atomic mass is 9.75. The largest absolute Gasteiger partial charge is 0.493 e. The summed E-state index contributed by atoms with van der Waals surface area (Å²) in [6, 6.07) is 12.5. The van der Waals surface area contributed by atoms with Crippen molar-refractivity contribution in [3.8, 4) is 28.6 Å². The second-order valence-electron chi connectivity index (χ2n) is 9.91. The monoisotopic (exact) mass is 535 g/mol. The van der Waals surface area contributed by atoms with E-state index in [-0.39, 0.29) is 28.0 Å². The van der Waals surface area contributed by atoms with Crippen molar-refractivity contribution in [2.75, 3.05) is 6.61 Å². The zero-order chi connectivity index (χ0) is 27.1.